The molecular weight excluding hydrogens is 388 g/mol. The van der Waals surface area contributed by atoms with Crippen molar-refractivity contribution in [2.24, 2.45) is 23.7 Å². The first-order chi connectivity index (χ1) is 15.8. The topological polar surface area (TPSA) is 9.23 Å². The molecule has 0 bridgehead atoms. The minimum absolute atomic E-state index is 0.582. The van der Waals surface area contributed by atoms with Crippen molar-refractivity contribution in [1.29, 1.82) is 0 Å². The highest BCUT2D eigenvalue weighted by Crippen LogP contribution is 2.32. The van der Waals surface area contributed by atoms with Gasteiger partial charge in [-0.05, 0) is 106 Å². The summed E-state index contributed by atoms with van der Waals surface area (Å²) in [6, 6.07) is 8.78. The first-order valence-electron chi connectivity index (χ1n) is 13.7. The lowest BCUT2D eigenvalue weighted by atomic mass is 9.80. The number of benzene rings is 1. The van der Waals surface area contributed by atoms with Crippen LogP contribution in [0.5, 0.6) is 5.75 Å². The van der Waals surface area contributed by atoms with Crippen molar-refractivity contribution in [3.8, 4) is 17.6 Å². The molecule has 0 atom stereocenters. The monoisotopic (exact) mass is 434 g/mol. The van der Waals surface area contributed by atoms with E-state index in [2.05, 4.69) is 62.1 Å². The summed E-state index contributed by atoms with van der Waals surface area (Å²) in [4.78, 5) is 0. The maximum Gasteiger partial charge on any atom is 0.119 e. The minimum Gasteiger partial charge on any atom is -0.493 e. The molecule has 0 amide bonds. The first kappa shape index (κ1) is 25.0. The van der Waals surface area contributed by atoms with Crippen LogP contribution in [0.4, 0.5) is 0 Å². The van der Waals surface area contributed by atoms with Gasteiger partial charge in [0.1, 0.15) is 5.75 Å². The SMILES string of the molecule is CCCCCc1ccc(OC[C@H]2CC[C@H](C#C/C=C/[C@H]3CC[C@H](CCC)CC3)CC2)cc1. The van der Waals surface area contributed by atoms with E-state index in [1.807, 2.05) is 0 Å². The van der Waals surface area contributed by atoms with Gasteiger partial charge in [0.2, 0.25) is 0 Å². The molecule has 0 unspecified atom stereocenters. The summed E-state index contributed by atoms with van der Waals surface area (Å²) in [7, 11) is 0. The van der Waals surface area contributed by atoms with Crippen LogP contribution in [0.2, 0.25) is 0 Å². The smallest absolute Gasteiger partial charge is 0.119 e. The van der Waals surface area contributed by atoms with Gasteiger partial charge in [0, 0.05) is 5.92 Å². The summed E-state index contributed by atoms with van der Waals surface area (Å²) in [5.41, 5.74) is 1.43. The van der Waals surface area contributed by atoms with Crippen molar-refractivity contribution >= 4 is 0 Å². The molecular formula is C31H46O. The molecule has 1 heteroatoms. The fourth-order valence-electron chi connectivity index (χ4n) is 5.45. The molecule has 1 aromatic carbocycles. The number of hydrogen-bond acceptors (Lipinski definition) is 1. The Hall–Kier alpha value is -1.68. The van der Waals surface area contributed by atoms with Gasteiger partial charge in [-0.15, -0.1) is 0 Å². The Labute approximate surface area is 198 Å². The Morgan fingerprint density at radius 2 is 1.56 bits per heavy atom. The van der Waals surface area contributed by atoms with Crippen LogP contribution in [-0.2, 0) is 6.42 Å². The summed E-state index contributed by atoms with van der Waals surface area (Å²) in [5, 5.41) is 0. The van der Waals surface area contributed by atoms with Crippen molar-refractivity contribution < 1.29 is 4.74 Å². The van der Waals surface area contributed by atoms with Crippen LogP contribution in [0, 0.1) is 35.5 Å². The van der Waals surface area contributed by atoms with Crippen molar-refractivity contribution in [3.05, 3.63) is 42.0 Å². The van der Waals surface area contributed by atoms with Crippen LogP contribution in [0.25, 0.3) is 0 Å². The van der Waals surface area contributed by atoms with E-state index in [0.717, 1.165) is 24.2 Å². The third-order valence-corrected chi connectivity index (χ3v) is 7.65. The van der Waals surface area contributed by atoms with E-state index < -0.39 is 0 Å². The molecule has 0 N–H and O–H groups in total. The van der Waals surface area contributed by atoms with E-state index in [9.17, 15) is 0 Å². The van der Waals surface area contributed by atoms with Gasteiger partial charge in [0.25, 0.3) is 0 Å². The third-order valence-electron chi connectivity index (χ3n) is 7.65. The maximum absolute atomic E-state index is 6.10. The lowest BCUT2D eigenvalue weighted by molar-refractivity contribution is 0.196. The summed E-state index contributed by atoms with van der Waals surface area (Å²) in [6.45, 7) is 5.43. The molecule has 0 aromatic heterocycles. The molecule has 0 radical (unpaired) electrons. The highest BCUT2D eigenvalue weighted by molar-refractivity contribution is 5.27. The van der Waals surface area contributed by atoms with Gasteiger partial charge in [-0.25, -0.2) is 0 Å². The first-order valence-corrected chi connectivity index (χ1v) is 13.7. The van der Waals surface area contributed by atoms with Gasteiger partial charge >= 0.3 is 0 Å². The third kappa shape index (κ3) is 9.05. The highest BCUT2D eigenvalue weighted by atomic mass is 16.5. The molecule has 2 aliphatic carbocycles. The van der Waals surface area contributed by atoms with Crippen molar-refractivity contribution in [2.75, 3.05) is 6.61 Å². The summed E-state index contributed by atoms with van der Waals surface area (Å²) in [6.07, 6.45) is 22.9. The van der Waals surface area contributed by atoms with Crippen LogP contribution >= 0.6 is 0 Å². The molecule has 0 saturated heterocycles. The van der Waals surface area contributed by atoms with E-state index in [0.29, 0.717) is 11.8 Å². The predicted molar refractivity (Wildman–Crippen MR) is 138 cm³/mol. The number of hydrogen-bond donors (Lipinski definition) is 0. The van der Waals surface area contributed by atoms with Crippen molar-refractivity contribution in [2.45, 2.75) is 104 Å². The molecule has 176 valence electrons. The zero-order chi connectivity index (χ0) is 22.4. The fraction of sp³-hybridized carbons (Fsp3) is 0.677. The minimum atomic E-state index is 0.582. The number of rotatable bonds is 10. The highest BCUT2D eigenvalue weighted by Gasteiger charge is 2.20. The molecule has 0 aliphatic heterocycles. The second-order valence-electron chi connectivity index (χ2n) is 10.3. The Morgan fingerprint density at radius 1 is 0.844 bits per heavy atom. The Kier molecular flexibility index (Phi) is 11.3. The molecule has 32 heavy (non-hydrogen) atoms. The van der Waals surface area contributed by atoms with Gasteiger partial charge in [-0.3, -0.25) is 0 Å². The quantitative estimate of drug-likeness (QED) is 0.264. The summed E-state index contributed by atoms with van der Waals surface area (Å²) < 4.78 is 6.10. The molecule has 1 aromatic rings. The van der Waals surface area contributed by atoms with Crippen molar-refractivity contribution in [3.63, 3.8) is 0 Å². The molecule has 2 fully saturated rings. The average molecular weight is 435 g/mol. The van der Waals surface area contributed by atoms with Crippen LogP contribution in [0.1, 0.15) is 103 Å². The number of aryl methyl sites for hydroxylation is 1. The second kappa shape index (κ2) is 14.5. The van der Waals surface area contributed by atoms with Crippen LogP contribution in [-0.4, -0.2) is 6.61 Å². The molecule has 3 rings (SSSR count). The normalized spacial score (nSPS) is 25.9. The molecule has 0 spiro atoms. The van der Waals surface area contributed by atoms with E-state index in [-0.39, 0.29) is 0 Å². The number of unbranched alkanes of at least 4 members (excludes halogenated alkanes) is 2. The van der Waals surface area contributed by atoms with Crippen LogP contribution < -0.4 is 4.74 Å². The largest absolute Gasteiger partial charge is 0.493 e. The van der Waals surface area contributed by atoms with Crippen LogP contribution in [0.15, 0.2) is 36.4 Å². The lowest BCUT2D eigenvalue weighted by Gasteiger charge is -2.26. The lowest BCUT2D eigenvalue weighted by Crippen LogP contribution is -2.19. The van der Waals surface area contributed by atoms with E-state index in [1.54, 1.807) is 0 Å². The average Bonchev–Trinajstić information content (AvgIpc) is 2.83. The predicted octanol–water partition coefficient (Wildman–Crippen LogP) is 8.77. The molecule has 0 heterocycles. The fourth-order valence-corrected chi connectivity index (χ4v) is 5.45. The Morgan fingerprint density at radius 3 is 2.25 bits per heavy atom. The van der Waals surface area contributed by atoms with Gasteiger partial charge in [0.15, 0.2) is 0 Å². The molecule has 1 nitrogen and oxygen atoms in total. The van der Waals surface area contributed by atoms with E-state index in [4.69, 9.17) is 4.74 Å². The van der Waals surface area contributed by atoms with Crippen molar-refractivity contribution in [1.82, 2.24) is 0 Å². The van der Waals surface area contributed by atoms with Gasteiger partial charge < -0.3 is 4.74 Å². The zero-order valence-electron chi connectivity index (χ0n) is 20.8. The summed E-state index contributed by atoms with van der Waals surface area (Å²) >= 11 is 0. The van der Waals surface area contributed by atoms with Crippen LogP contribution in [0.3, 0.4) is 0 Å². The summed E-state index contributed by atoms with van der Waals surface area (Å²) in [5.74, 6) is 11.0. The number of ether oxygens (including phenoxy) is 1. The maximum atomic E-state index is 6.10. The molecule has 2 saturated carbocycles. The Bertz CT molecular complexity index is 703. The van der Waals surface area contributed by atoms with Gasteiger partial charge in [0.05, 0.1) is 6.61 Å². The number of allylic oxidation sites excluding steroid dienone is 2. The van der Waals surface area contributed by atoms with E-state index >= 15 is 0 Å². The Balaban J connectivity index is 1.29. The zero-order valence-corrected chi connectivity index (χ0v) is 20.8. The van der Waals surface area contributed by atoms with Gasteiger partial charge in [-0.2, -0.15) is 0 Å². The second-order valence-corrected chi connectivity index (χ2v) is 10.3. The standard InChI is InChI=1S/C31H46O/c1-3-5-6-10-29-21-23-31(24-22-29)32-25-30-19-17-28(18-20-30)12-8-7-11-27-15-13-26(9-4-2)14-16-27/h7,11,21-24,26-28,30H,3-6,9-10,13-20,25H2,1-2H3/b11-7+/t26-,27-,28-,30-. The van der Waals surface area contributed by atoms with Gasteiger partial charge in [-0.1, -0.05) is 69.6 Å². The molecule has 2 aliphatic rings. The van der Waals surface area contributed by atoms with E-state index in [1.165, 1.54) is 95.5 Å².